The zero-order valence-corrected chi connectivity index (χ0v) is 14.3. The van der Waals surface area contributed by atoms with Gasteiger partial charge in [-0.3, -0.25) is 9.59 Å². The number of fused-ring (bicyclic) bond motifs is 1. The highest BCUT2D eigenvalue weighted by atomic mass is 32.2. The first-order valence-corrected chi connectivity index (χ1v) is 10.1. The summed E-state index contributed by atoms with van der Waals surface area (Å²) in [6.07, 6.45) is 5.94. The molecular formula is C16H22N2O5S. The third kappa shape index (κ3) is 3.98. The van der Waals surface area contributed by atoms with Gasteiger partial charge in [0.15, 0.2) is 9.84 Å². The number of furan rings is 1. The molecule has 1 fully saturated rings. The smallest absolute Gasteiger partial charge is 0.254 e. The molecule has 0 bridgehead atoms. The molecule has 1 aromatic rings. The van der Waals surface area contributed by atoms with E-state index in [-0.39, 0.29) is 42.3 Å². The molecule has 1 aromatic heterocycles. The zero-order chi connectivity index (χ0) is 17.2. The van der Waals surface area contributed by atoms with Crippen molar-refractivity contribution < 1.29 is 22.4 Å². The van der Waals surface area contributed by atoms with Crippen LogP contribution in [0.5, 0.6) is 0 Å². The Morgan fingerprint density at radius 2 is 2.04 bits per heavy atom. The summed E-state index contributed by atoms with van der Waals surface area (Å²) in [6, 6.07) is -0.306. The Bertz CT molecular complexity index is 738. The van der Waals surface area contributed by atoms with E-state index in [1.165, 1.54) is 6.26 Å². The van der Waals surface area contributed by atoms with Crippen molar-refractivity contribution in [3.63, 3.8) is 0 Å². The molecule has 2 heterocycles. The van der Waals surface area contributed by atoms with Crippen LogP contribution in [0.25, 0.3) is 0 Å². The fourth-order valence-electron chi connectivity index (χ4n) is 3.28. The molecule has 1 saturated heterocycles. The number of amides is 2. The summed E-state index contributed by atoms with van der Waals surface area (Å²) in [6.45, 7) is 0.212. The van der Waals surface area contributed by atoms with Crippen LogP contribution in [-0.2, 0) is 27.5 Å². The molecule has 2 N–H and O–H groups in total. The monoisotopic (exact) mass is 354 g/mol. The normalized spacial score (nSPS) is 21.9. The minimum absolute atomic E-state index is 0.00621. The quantitative estimate of drug-likeness (QED) is 0.805. The molecule has 0 saturated carbocycles. The lowest BCUT2D eigenvalue weighted by Gasteiger charge is -2.12. The van der Waals surface area contributed by atoms with Gasteiger partial charge in [0.05, 0.1) is 17.1 Å². The van der Waals surface area contributed by atoms with Crippen LogP contribution >= 0.6 is 0 Å². The van der Waals surface area contributed by atoms with Crippen LogP contribution in [-0.4, -0.2) is 44.3 Å². The van der Waals surface area contributed by atoms with E-state index >= 15 is 0 Å². The number of nitrogens with one attached hydrogen (secondary N) is 2. The van der Waals surface area contributed by atoms with Gasteiger partial charge < -0.3 is 15.1 Å². The third-order valence-electron chi connectivity index (χ3n) is 4.54. The van der Waals surface area contributed by atoms with Gasteiger partial charge in [-0.1, -0.05) is 0 Å². The maximum absolute atomic E-state index is 12.2. The molecule has 3 rings (SSSR count). The number of carbonyl (C=O) groups is 2. The molecular weight excluding hydrogens is 332 g/mol. The van der Waals surface area contributed by atoms with Crippen molar-refractivity contribution >= 4 is 21.7 Å². The first-order valence-electron chi connectivity index (χ1n) is 8.32. The number of aryl methyl sites for hydroxylation is 1. The lowest BCUT2D eigenvalue weighted by molar-refractivity contribution is -0.121. The predicted octanol–water partition coefficient (Wildman–Crippen LogP) is 0.582. The second kappa shape index (κ2) is 6.96. The van der Waals surface area contributed by atoms with Crippen LogP contribution in [0, 0.1) is 0 Å². The van der Waals surface area contributed by atoms with Crippen molar-refractivity contribution in [1.82, 2.24) is 10.6 Å². The summed E-state index contributed by atoms with van der Waals surface area (Å²) in [7, 11) is -3.01. The Morgan fingerprint density at radius 1 is 1.25 bits per heavy atom. The molecule has 1 unspecified atom stereocenters. The maximum atomic E-state index is 12.2. The Morgan fingerprint density at radius 3 is 2.79 bits per heavy atom. The first-order chi connectivity index (χ1) is 11.4. The van der Waals surface area contributed by atoms with Crippen molar-refractivity contribution in [1.29, 1.82) is 0 Å². The summed E-state index contributed by atoms with van der Waals surface area (Å²) < 4.78 is 28.2. The van der Waals surface area contributed by atoms with Crippen molar-refractivity contribution in [3.05, 3.63) is 23.2 Å². The van der Waals surface area contributed by atoms with Crippen LogP contribution in [0.4, 0.5) is 0 Å². The van der Waals surface area contributed by atoms with E-state index < -0.39 is 9.84 Å². The molecule has 0 radical (unpaired) electrons. The molecule has 0 aromatic carbocycles. The van der Waals surface area contributed by atoms with E-state index in [1.54, 1.807) is 0 Å². The molecule has 8 heteroatoms. The van der Waals surface area contributed by atoms with Crippen molar-refractivity contribution in [2.45, 2.75) is 44.6 Å². The van der Waals surface area contributed by atoms with Gasteiger partial charge in [0, 0.05) is 31.0 Å². The average Bonchev–Trinajstić information content (AvgIpc) is 3.10. The molecule has 1 aliphatic carbocycles. The van der Waals surface area contributed by atoms with Crippen LogP contribution < -0.4 is 10.6 Å². The molecule has 132 valence electrons. The van der Waals surface area contributed by atoms with Crippen molar-refractivity contribution in [3.8, 4) is 0 Å². The second-order valence-corrected chi connectivity index (χ2v) is 8.66. The van der Waals surface area contributed by atoms with Gasteiger partial charge in [-0.2, -0.15) is 0 Å². The highest BCUT2D eigenvalue weighted by Crippen LogP contribution is 2.26. The van der Waals surface area contributed by atoms with Gasteiger partial charge in [0.1, 0.15) is 12.0 Å². The van der Waals surface area contributed by atoms with E-state index in [0.717, 1.165) is 37.0 Å². The summed E-state index contributed by atoms with van der Waals surface area (Å²) in [5.41, 5.74) is 1.55. The highest BCUT2D eigenvalue weighted by molar-refractivity contribution is 7.91. The fraction of sp³-hybridized carbons (Fsp3) is 0.625. The third-order valence-corrected chi connectivity index (χ3v) is 6.31. The molecule has 24 heavy (non-hydrogen) atoms. The molecule has 1 aliphatic heterocycles. The van der Waals surface area contributed by atoms with Crippen LogP contribution in [0.2, 0.25) is 0 Å². The maximum Gasteiger partial charge on any atom is 0.254 e. The Balaban J connectivity index is 1.44. The van der Waals surface area contributed by atoms with E-state index in [9.17, 15) is 18.0 Å². The van der Waals surface area contributed by atoms with E-state index in [0.29, 0.717) is 12.0 Å². The second-order valence-electron chi connectivity index (χ2n) is 6.43. The number of carbonyl (C=O) groups excluding carboxylic acids is 2. The molecule has 2 aliphatic rings. The largest absolute Gasteiger partial charge is 0.468 e. The van der Waals surface area contributed by atoms with Gasteiger partial charge >= 0.3 is 0 Å². The molecule has 1 atom stereocenters. The van der Waals surface area contributed by atoms with Gasteiger partial charge in [0.2, 0.25) is 5.91 Å². The van der Waals surface area contributed by atoms with E-state index in [2.05, 4.69) is 10.6 Å². The van der Waals surface area contributed by atoms with E-state index in [4.69, 9.17) is 4.42 Å². The number of hydrogen-bond acceptors (Lipinski definition) is 5. The average molecular weight is 354 g/mol. The summed E-state index contributed by atoms with van der Waals surface area (Å²) >= 11 is 0. The van der Waals surface area contributed by atoms with Crippen molar-refractivity contribution in [2.24, 2.45) is 0 Å². The summed E-state index contributed by atoms with van der Waals surface area (Å²) in [5, 5.41) is 5.43. The molecule has 0 spiro atoms. The standard InChI is InChI=1S/C16H22N2O5S/c19-15(18-11-6-8-24(21,22)10-11)5-7-17-16(20)13-9-23-14-4-2-1-3-12(13)14/h9,11H,1-8,10H2,(H,17,20)(H,18,19). The summed E-state index contributed by atoms with van der Waals surface area (Å²) in [5.74, 6) is 0.559. The SMILES string of the molecule is O=C(CCNC(=O)c1coc2c1CCCC2)NC1CCS(=O)(=O)C1. The lowest BCUT2D eigenvalue weighted by Crippen LogP contribution is -2.37. The van der Waals surface area contributed by atoms with Crippen LogP contribution in [0.15, 0.2) is 10.7 Å². The zero-order valence-electron chi connectivity index (χ0n) is 13.5. The molecule has 7 nitrogen and oxygen atoms in total. The number of rotatable bonds is 5. The van der Waals surface area contributed by atoms with E-state index in [1.807, 2.05) is 0 Å². The van der Waals surface area contributed by atoms with Gasteiger partial charge in [-0.05, 0) is 25.7 Å². The minimum Gasteiger partial charge on any atom is -0.468 e. The lowest BCUT2D eigenvalue weighted by atomic mass is 9.95. The molecule has 2 amide bonds. The Kier molecular flexibility index (Phi) is 4.93. The van der Waals surface area contributed by atoms with Gasteiger partial charge in [-0.25, -0.2) is 8.42 Å². The number of hydrogen-bond donors (Lipinski definition) is 2. The Labute approximate surface area is 141 Å². The minimum atomic E-state index is -3.01. The Hall–Kier alpha value is -1.83. The van der Waals surface area contributed by atoms with Gasteiger partial charge in [-0.15, -0.1) is 0 Å². The van der Waals surface area contributed by atoms with Crippen LogP contribution in [0.1, 0.15) is 47.4 Å². The van der Waals surface area contributed by atoms with Crippen LogP contribution in [0.3, 0.4) is 0 Å². The fourth-order valence-corrected chi connectivity index (χ4v) is 4.95. The highest BCUT2D eigenvalue weighted by Gasteiger charge is 2.28. The topological polar surface area (TPSA) is 105 Å². The van der Waals surface area contributed by atoms with Crippen molar-refractivity contribution in [2.75, 3.05) is 18.1 Å². The summed E-state index contributed by atoms with van der Waals surface area (Å²) in [4.78, 5) is 24.0. The van der Waals surface area contributed by atoms with Gasteiger partial charge in [0.25, 0.3) is 5.91 Å². The predicted molar refractivity (Wildman–Crippen MR) is 87.5 cm³/mol. The number of sulfone groups is 1. The first kappa shape index (κ1) is 17.0.